The van der Waals surface area contributed by atoms with Gasteiger partial charge in [-0.25, -0.2) is 8.42 Å². The molecule has 10 atom stereocenters. The Morgan fingerprint density at radius 3 is 2.48 bits per heavy atom. The molecule has 3 fully saturated rings. The zero-order chi connectivity index (χ0) is 33.3. The molecule has 3 aliphatic rings. The lowest BCUT2D eigenvalue weighted by molar-refractivity contribution is -0.0790. The molecule has 0 bridgehead atoms. The second-order valence-electron chi connectivity index (χ2n) is 13.1. The van der Waals surface area contributed by atoms with E-state index >= 15 is 0 Å². The minimum absolute atomic E-state index is 0.00786. The maximum atomic E-state index is 13.5. The monoisotopic (exact) mass is 662 g/mol. The molecule has 0 spiro atoms. The maximum Gasteiger partial charge on any atom is 0.178 e. The van der Waals surface area contributed by atoms with Gasteiger partial charge in [0, 0.05) is 32.5 Å². The Morgan fingerprint density at radius 2 is 1.78 bits per heavy atom. The molecule has 4 rings (SSSR count). The Morgan fingerprint density at radius 1 is 1.04 bits per heavy atom. The molecule has 3 aliphatic heterocycles. The summed E-state index contributed by atoms with van der Waals surface area (Å²) in [6.07, 6.45) is 4.70. The molecule has 0 saturated carbocycles. The number of sulfone groups is 1. The van der Waals surface area contributed by atoms with Gasteiger partial charge in [-0.1, -0.05) is 44.4 Å². The lowest BCUT2D eigenvalue weighted by Crippen LogP contribution is -2.40. The van der Waals surface area contributed by atoms with Crippen molar-refractivity contribution in [1.82, 2.24) is 0 Å². The van der Waals surface area contributed by atoms with E-state index in [0.717, 1.165) is 49.7 Å². The van der Waals surface area contributed by atoms with Gasteiger partial charge < -0.3 is 33.9 Å². The van der Waals surface area contributed by atoms with E-state index in [-0.39, 0.29) is 47.4 Å². The van der Waals surface area contributed by atoms with E-state index in [1.54, 1.807) is 36.4 Å². The van der Waals surface area contributed by atoms with Gasteiger partial charge in [0.2, 0.25) is 0 Å². The first-order chi connectivity index (χ1) is 22.1. The van der Waals surface area contributed by atoms with Crippen LogP contribution in [0.5, 0.6) is 0 Å². The fourth-order valence-electron chi connectivity index (χ4n) is 7.16. The molecule has 258 valence electrons. The summed E-state index contributed by atoms with van der Waals surface area (Å²) in [5.74, 6) is -0.461. The van der Waals surface area contributed by atoms with Gasteiger partial charge in [-0.05, 0) is 67.7 Å². The van der Waals surface area contributed by atoms with Crippen molar-refractivity contribution in [2.75, 3.05) is 32.7 Å². The zero-order valence-electron chi connectivity index (χ0n) is 27.5. The van der Waals surface area contributed by atoms with Crippen LogP contribution in [0, 0.1) is 11.8 Å². The normalized spacial score (nSPS) is 32.6. The third-order valence-electron chi connectivity index (χ3n) is 9.69. The van der Waals surface area contributed by atoms with Gasteiger partial charge in [0.1, 0.15) is 0 Å². The number of methoxy groups -OCH3 is 1. The fourth-order valence-corrected chi connectivity index (χ4v) is 8.84. The molecule has 0 amide bonds. The quantitative estimate of drug-likeness (QED) is 0.168. The summed E-state index contributed by atoms with van der Waals surface area (Å²) in [4.78, 5) is 0.244. The molecule has 3 heterocycles. The van der Waals surface area contributed by atoms with Gasteiger partial charge >= 0.3 is 0 Å². The van der Waals surface area contributed by atoms with Crippen LogP contribution in [0.2, 0.25) is 0 Å². The summed E-state index contributed by atoms with van der Waals surface area (Å²) < 4.78 is 57.8. The molecule has 4 unspecified atom stereocenters. The molecular weight excluding hydrogens is 608 g/mol. The topological polar surface area (TPSA) is 121 Å². The van der Waals surface area contributed by atoms with Crippen LogP contribution in [0.1, 0.15) is 58.3 Å². The van der Waals surface area contributed by atoms with Gasteiger partial charge in [-0.15, -0.1) is 6.58 Å². The third-order valence-corrected chi connectivity index (χ3v) is 11.5. The highest BCUT2D eigenvalue weighted by molar-refractivity contribution is 7.91. The van der Waals surface area contributed by atoms with E-state index in [9.17, 15) is 18.6 Å². The Hall–Kier alpha value is -1.89. The Bertz CT molecular complexity index is 1240. The van der Waals surface area contributed by atoms with Crippen molar-refractivity contribution >= 4 is 9.84 Å². The molecule has 0 aliphatic carbocycles. The van der Waals surface area contributed by atoms with E-state index in [1.807, 2.05) is 0 Å². The van der Waals surface area contributed by atoms with Crippen LogP contribution in [-0.2, 0) is 33.5 Å². The highest BCUT2D eigenvalue weighted by atomic mass is 32.2. The number of aliphatic hydroxyl groups excluding tert-OH is 2. The van der Waals surface area contributed by atoms with Crippen LogP contribution >= 0.6 is 0 Å². The van der Waals surface area contributed by atoms with Crippen LogP contribution in [0.3, 0.4) is 0 Å². The van der Waals surface area contributed by atoms with Crippen molar-refractivity contribution in [3.05, 3.63) is 67.3 Å². The van der Waals surface area contributed by atoms with E-state index in [0.29, 0.717) is 19.6 Å². The maximum absolute atomic E-state index is 13.5. The highest BCUT2D eigenvalue weighted by Crippen LogP contribution is 2.41. The lowest BCUT2D eigenvalue weighted by atomic mass is 9.83. The standard InChI is InChI=1S/C36H54O9S/c1-6-16-42-17-10-11-28-19-25(3)32(43-28)15-14-29-18-24(2)26(4)33(44-29)21-34-31(23-46(39,40)30-12-8-7-9-13-30)36(41-5)35(45-34)20-27(38)22-37/h6-9,12-13,24,27-29,31-38H,1,3-4,10-11,14-23H2,2,5H3/t24-,27+,28+,29?,31+,32?,33?,34+,35?,36-/m1/s1. The molecule has 1 aromatic carbocycles. The summed E-state index contributed by atoms with van der Waals surface area (Å²) in [6.45, 7) is 15.3. The van der Waals surface area contributed by atoms with Gasteiger partial charge in [0.15, 0.2) is 9.84 Å². The van der Waals surface area contributed by atoms with Gasteiger partial charge in [-0.2, -0.15) is 0 Å². The molecular formula is C36H54O9S. The third kappa shape index (κ3) is 9.82. The van der Waals surface area contributed by atoms with Crippen LogP contribution < -0.4 is 0 Å². The molecule has 2 N–H and O–H groups in total. The molecule has 46 heavy (non-hydrogen) atoms. The fraction of sp³-hybridized carbons (Fsp3) is 0.667. The molecule has 1 aromatic rings. The number of benzene rings is 1. The van der Waals surface area contributed by atoms with Crippen molar-refractivity contribution < 1.29 is 42.3 Å². The number of rotatable bonds is 18. The molecule has 0 radical (unpaired) electrons. The first-order valence-corrected chi connectivity index (χ1v) is 18.3. The van der Waals surface area contributed by atoms with Gasteiger partial charge in [0.05, 0.1) is 72.7 Å². The van der Waals surface area contributed by atoms with Crippen molar-refractivity contribution in [2.45, 2.75) is 112 Å². The largest absolute Gasteiger partial charge is 0.394 e. The molecule has 3 saturated heterocycles. The Kier molecular flexibility index (Phi) is 14.0. The SMILES string of the molecule is C=CCOCCC[C@H]1CC(=C)C(CCC2C[C@@H](C)C(=C)C(C[C@@H]3OC(C[C@H](O)CO)[C@H](OC)[C@H]3CS(=O)(=O)c3ccccc3)O2)O1. The lowest BCUT2D eigenvalue weighted by Gasteiger charge is -2.38. The summed E-state index contributed by atoms with van der Waals surface area (Å²) in [5, 5.41) is 19.7. The van der Waals surface area contributed by atoms with E-state index in [4.69, 9.17) is 23.7 Å². The smallest absolute Gasteiger partial charge is 0.178 e. The average molecular weight is 663 g/mol. The zero-order valence-corrected chi connectivity index (χ0v) is 28.3. The molecule has 10 heteroatoms. The second kappa shape index (κ2) is 17.5. The Balaban J connectivity index is 1.40. The van der Waals surface area contributed by atoms with E-state index in [1.165, 1.54) is 7.11 Å². The second-order valence-corrected chi connectivity index (χ2v) is 15.2. The first kappa shape index (κ1) is 36.9. The molecule has 0 aromatic heterocycles. The number of hydrogen-bond acceptors (Lipinski definition) is 9. The van der Waals surface area contributed by atoms with E-state index < -0.39 is 46.8 Å². The predicted molar refractivity (Wildman–Crippen MR) is 177 cm³/mol. The van der Waals surface area contributed by atoms with Crippen molar-refractivity contribution in [3.63, 3.8) is 0 Å². The number of ether oxygens (including phenoxy) is 5. The predicted octanol–water partition coefficient (Wildman–Crippen LogP) is 4.82. The van der Waals surface area contributed by atoms with Crippen LogP contribution in [0.15, 0.2) is 72.2 Å². The van der Waals surface area contributed by atoms with Crippen molar-refractivity contribution in [1.29, 1.82) is 0 Å². The van der Waals surface area contributed by atoms with Crippen LogP contribution in [0.25, 0.3) is 0 Å². The molecule has 9 nitrogen and oxygen atoms in total. The average Bonchev–Trinajstić information content (AvgIpc) is 3.55. The van der Waals surface area contributed by atoms with Crippen molar-refractivity contribution in [3.8, 4) is 0 Å². The minimum atomic E-state index is -3.66. The first-order valence-electron chi connectivity index (χ1n) is 16.7. The van der Waals surface area contributed by atoms with Crippen LogP contribution in [-0.4, -0.2) is 100 Å². The summed E-state index contributed by atoms with van der Waals surface area (Å²) in [6, 6.07) is 8.38. The minimum Gasteiger partial charge on any atom is -0.394 e. The Labute approximate surface area is 275 Å². The van der Waals surface area contributed by atoms with Crippen LogP contribution in [0.4, 0.5) is 0 Å². The summed E-state index contributed by atoms with van der Waals surface area (Å²) in [7, 11) is -2.13. The number of hydrogen-bond donors (Lipinski definition) is 2. The van der Waals surface area contributed by atoms with Crippen molar-refractivity contribution in [2.24, 2.45) is 11.8 Å². The summed E-state index contributed by atoms with van der Waals surface area (Å²) >= 11 is 0. The number of aliphatic hydroxyl groups is 2. The van der Waals surface area contributed by atoms with Gasteiger partial charge in [-0.3, -0.25) is 0 Å². The van der Waals surface area contributed by atoms with E-state index in [2.05, 4.69) is 26.7 Å². The van der Waals surface area contributed by atoms with Gasteiger partial charge in [0.25, 0.3) is 0 Å². The summed E-state index contributed by atoms with van der Waals surface area (Å²) in [5.41, 5.74) is 2.10. The highest BCUT2D eigenvalue weighted by Gasteiger charge is 2.49.